The number of aliphatic hydroxyl groups excluding tert-OH is 1. The van der Waals surface area contributed by atoms with E-state index in [2.05, 4.69) is 27.7 Å². The van der Waals surface area contributed by atoms with Crippen molar-refractivity contribution < 1.29 is 5.11 Å². The Kier molecular flexibility index (Phi) is 6.45. The molecular weight excluding hydrogens is 354 g/mol. The Bertz CT molecular complexity index is 561. The summed E-state index contributed by atoms with van der Waals surface area (Å²) in [7, 11) is 0. The van der Waals surface area contributed by atoms with Crippen LogP contribution in [0, 0.1) is 52.3 Å². The molecule has 0 aliphatic heterocycles. The maximum atomic E-state index is 9.58. The molecule has 3 unspecified atom stereocenters. The second kappa shape index (κ2) is 8.45. The fraction of sp³-hybridized carbons (Fsp3) is 1.00. The van der Waals surface area contributed by atoms with Gasteiger partial charge in [0.15, 0.2) is 0 Å². The SMILES string of the molecule is CC(CCC[C@@H](C)[C@H]1CC[C@H]2[C@@H]3CCC4CCCC[C@]4(C)[C@H]3CC[C@]12C)C(N)O. The molecule has 2 nitrogen and oxygen atoms in total. The second-order valence-electron chi connectivity index (χ2n) is 12.5. The molecule has 4 saturated carbocycles. The summed E-state index contributed by atoms with van der Waals surface area (Å²) in [5, 5.41) is 9.58. The second-order valence-corrected chi connectivity index (χ2v) is 12.5. The predicted molar refractivity (Wildman–Crippen MR) is 122 cm³/mol. The van der Waals surface area contributed by atoms with E-state index in [4.69, 9.17) is 5.73 Å². The molecule has 0 aromatic heterocycles. The Hall–Kier alpha value is -0.0800. The molecule has 0 radical (unpaired) electrons. The summed E-state index contributed by atoms with van der Waals surface area (Å²) in [6.07, 6.45) is 18.1. The Morgan fingerprint density at radius 3 is 2.38 bits per heavy atom. The highest BCUT2D eigenvalue weighted by atomic mass is 16.3. The maximum absolute atomic E-state index is 9.58. The van der Waals surface area contributed by atoms with E-state index in [0.29, 0.717) is 10.8 Å². The van der Waals surface area contributed by atoms with E-state index in [9.17, 15) is 5.11 Å². The van der Waals surface area contributed by atoms with E-state index in [1.54, 1.807) is 0 Å². The van der Waals surface area contributed by atoms with Crippen LogP contribution in [-0.2, 0) is 0 Å². The minimum absolute atomic E-state index is 0.232. The van der Waals surface area contributed by atoms with Crippen LogP contribution in [0.25, 0.3) is 0 Å². The van der Waals surface area contributed by atoms with Gasteiger partial charge in [-0.05, 0) is 110 Å². The Morgan fingerprint density at radius 1 is 0.862 bits per heavy atom. The van der Waals surface area contributed by atoms with E-state index in [-0.39, 0.29) is 5.92 Å². The predicted octanol–water partition coefficient (Wildman–Crippen LogP) is 6.76. The minimum Gasteiger partial charge on any atom is -0.379 e. The zero-order chi connectivity index (χ0) is 20.8. The normalized spacial score (nSPS) is 47.6. The van der Waals surface area contributed by atoms with E-state index in [1.165, 1.54) is 77.0 Å². The standard InChI is InChI=1S/C27H49NO/c1-18(8-7-9-19(2)25(28)29)22-13-14-23-21-12-11-20-10-5-6-16-26(20,3)24(21)15-17-27(22,23)4/h18-25,29H,5-17,28H2,1-4H3/t18-,19?,20?,21+,22-,23+,24+,25?,26+,27-/m1/s1. The third-order valence-electron chi connectivity index (χ3n) is 11.2. The number of rotatable bonds is 6. The lowest BCUT2D eigenvalue weighted by Crippen LogP contribution is -2.53. The molecule has 29 heavy (non-hydrogen) atoms. The summed E-state index contributed by atoms with van der Waals surface area (Å²) in [6.45, 7) is 10.0. The van der Waals surface area contributed by atoms with Gasteiger partial charge in [0.25, 0.3) is 0 Å². The largest absolute Gasteiger partial charge is 0.379 e. The average Bonchev–Trinajstić information content (AvgIpc) is 3.04. The van der Waals surface area contributed by atoms with Crippen LogP contribution in [0.1, 0.15) is 111 Å². The molecule has 4 aliphatic carbocycles. The molecule has 0 saturated heterocycles. The molecule has 0 amide bonds. The number of nitrogens with two attached hydrogens (primary N) is 1. The van der Waals surface area contributed by atoms with E-state index in [0.717, 1.165) is 41.9 Å². The van der Waals surface area contributed by atoms with Crippen LogP contribution >= 0.6 is 0 Å². The van der Waals surface area contributed by atoms with Crippen LogP contribution in [0.5, 0.6) is 0 Å². The van der Waals surface area contributed by atoms with Crippen molar-refractivity contribution in [2.24, 2.45) is 58.0 Å². The van der Waals surface area contributed by atoms with Gasteiger partial charge in [-0.3, -0.25) is 0 Å². The number of fused-ring (bicyclic) bond motifs is 5. The van der Waals surface area contributed by atoms with Crippen LogP contribution in [0.4, 0.5) is 0 Å². The molecule has 4 fully saturated rings. The van der Waals surface area contributed by atoms with Gasteiger partial charge in [0.05, 0.1) is 0 Å². The smallest absolute Gasteiger partial charge is 0.104 e. The van der Waals surface area contributed by atoms with Crippen LogP contribution in [0.2, 0.25) is 0 Å². The molecule has 0 bridgehead atoms. The first kappa shape index (κ1) is 22.1. The van der Waals surface area contributed by atoms with Crippen molar-refractivity contribution >= 4 is 0 Å². The number of hydrogen-bond acceptors (Lipinski definition) is 2. The van der Waals surface area contributed by atoms with Crippen molar-refractivity contribution in [1.82, 2.24) is 0 Å². The Balaban J connectivity index is 1.41. The summed E-state index contributed by atoms with van der Waals surface area (Å²) in [6, 6.07) is 0. The summed E-state index contributed by atoms with van der Waals surface area (Å²) in [5.74, 6) is 6.07. The van der Waals surface area contributed by atoms with Crippen LogP contribution in [-0.4, -0.2) is 11.3 Å². The molecule has 4 aliphatic rings. The molecule has 10 atom stereocenters. The number of hydrogen-bond donors (Lipinski definition) is 2. The molecule has 0 spiro atoms. The van der Waals surface area contributed by atoms with Crippen molar-refractivity contribution in [3.63, 3.8) is 0 Å². The first-order valence-corrected chi connectivity index (χ1v) is 13.2. The first-order chi connectivity index (χ1) is 13.8. The van der Waals surface area contributed by atoms with Gasteiger partial charge < -0.3 is 10.8 Å². The summed E-state index contributed by atoms with van der Waals surface area (Å²) < 4.78 is 0. The highest BCUT2D eigenvalue weighted by molar-refractivity contribution is 5.09. The van der Waals surface area contributed by atoms with Crippen molar-refractivity contribution in [3.8, 4) is 0 Å². The lowest BCUT2D eigenvalue weighted by molar-refractivity contribution is -0.114. The van der Waals surface area contributed by atoms with Crippen LogP contribution < -0.4 is 5.73 Å². The Labute approximate surface area is 180 Å². The number of aliphatic hydroxyl groups is 1. The zero-order valence-corrected chi connectivity index (χ0v) is 19.8. The minimum atomic E-state index is -0.648. The van der Waals surface area contributed by atoms with Crippen LogP contribution in [0.3, 0.4) is 0 Å². The van der Waals surface area contributed by atoms with Crippen molar-refractivity contribution in [2.75, 3.05) is 0 Å². The van der Waals surface area contributed by atoms with Crippen molar-refractivity contribution in [3.05, 3.63) is 0 Å². The molecule has 2 heteroatoms. The van der Waals surface area contributed by atoms with Gasteiger partial charge in [0.1, 0.15) is 6.23 Å². The van der Waals surface area contributed by atoms with E-state index < -0.39 is 6.23 Å². The monoisotopic (exact) mass is 403 g/mol. The summed E-state index contributed by atoms with van der Waals surface area (Å²) in [5.41, 5.74) is 6.93. The molecule has 0 aromatic rings. The fourth-order valence-corrected chi connectivity index (χ4v) is 9.40. The lowest BCUT2D eigenvalue weighted by atomic mass is 9.44. The molecular formula is C27H49NO. The summed E-state index contributed by atoms with van der Waals surface area (Å²) >= 11 is 0. The molecule has 168 valence electrons. The van der Waals surface area contributed by atoms with E-state index >= 15 is 0 Å². The molecule has 0 heterocycles. The summed E-state index contributed by atoms with van der Waals surface area (Å²) in [4.78, 5) is 0. The quantitative estimate of drug-likeness (QED) is 0.481. The third-order valence-corrected chi connectivity index (χ3v) is 11.2. The Morgan fingerprint density at radius 2 is 1.62 bits per heavy atom. The topological polar surface area (TPSA) is 46.2 Å². The van der Waals surface area contributed by atoms with Gasteiger partial charge in [-0.25, -0.2) is 0 Å². The van der Waals surface area contributed by atoms with Crippen molar-refractivity contribution in [2.45, 2.75) is 117 Å². The molecule has 3 N–H and O–H groups in total. The first-order valence-electron chi connectivity index (χ1n) is 13.2. The van der Waals surface area contributed by atoms with Gasteiger partial charge in [-0.2, -0.15) is 0 Å². The average molecular weight is 404 g/mol. The lowest BCUT2D eigenvalue weighted by Gasteiger charge is -2.61. The fourth-order valence-electron chi connectivity index (χ4n) is 9.40. The maximum Gasteiger partial charge on any atom is 0.104 e. The molecule has 0 aromatic carbocycles. The van der Waals surface area contributed by atoms with E-state index in [1.807, 2.05) is 0 Å². The third kappa shape index (κ3) is 3.84. The highest BCUT2D eigenvalue weighted by Gasteiger charge is 2.59. The van der Waals surface area contributed by atoms with Gasteiger partial charge in [-0.1, -0.05) is 53.4 Å². The van der Waals surface area contributed by atoms with Gasteiger partial charge >= 0.3 is 0 Å². The van der Waals surface area contributed by atoms with Gasteiger partial charge in [0.2, 0.25) is 0 Å². The van der Waals surface area contributed by atoms with Gasteiger partial charge in [0, 0.05) is 0 Å². The molecule has 4 rings (SSSR count). The van der Waals surface area contributed by atoms with Crippen LogP contribution in [0.15, 0.2) is 0 Å². The van der Waals surface area contributed by atoms with Gasteiger partial charge in [-0.15, -0.1) is 0 Å². The highest BCUT2D eigenvalue weighted by Crippen LogP contribution is 2.68. The zero-order valence-electron chi connectivity index (χ0n) is 19.8. The van der Waals surface area contributed by atoms with Crippen molar-refractivity contribution in [1.29, 1.82) is 0 Å².